The molecule has 0 fully saturated rings. The first-order valence-corrected chi connectivity index (χ1v) is 4.47. The molecule has 15 heavy (non-hydrogen) atoms. The molecule has 0 aromatic heterocycles. The van der Waals surface area contributed by atoms with Crippen molar-refractivity contribution in [3.63, 3.8) is 0 Å². The molecule has 3 N–H and O–H groups in total. The zero-order chi connectivity index (χ0) is 11.6. The number of aliphatic hydroxyl groups is 1. The molecule has 0 heterocycles. The van der Waals surface area contributed by atoms with E-state index in [1.54, 1.807) is 0 Å². The molecule has 84 valence electrons. The Morgan fingerprint density at radius 3 is 2.47 bits per heavy atom. The second-order valence-electron chi connectivity index (χ2n) is 3.03. The summed E-state index contributed by atoms with van der Waals surface area (Å²) in [6.45, 7) is -0.418. The third-order valence-corrected chi connectivity index (χ3v) is 2.25. The molecule has 0 aliphatic heterocycles. The summed E-state index contributed by atoms with van der Waals surface area (Å²) in [4.78, 5) is 0. The zero-order valence-corrected chi connectivity index (χ0v) is 8.31. The van der Waals surface area contributed by atoms with Crippen molar-refractivity contribution in [3.8, 4) is 0 Å². The van der Waals surface area contributed by atoms with Crippen molar-refractivity contribution in [1.82, 2.24) is 0 Å². The Hall–Kier alpha value is -0.780. The average molecular weight is 240 g/mol. The minimum Gasteiger partial charge on any atom is -0.394 e. The van der Waals surface area contributed by atoms with Crippen LogP contribution in [0.5, 0.6) is 0 Å². The van der Waals surface area contributed by atoms with Gasteiger partial charge in [0.2, 0.25) is 0 Å². The molecule has 0 bridgehead atoms. The van der Waals surface area contributed by atoms with E-state index < -0.39 is 24.4 Å². The van der Waals surface area contributed by atoms with Gasteiger partial charge in [-0.05, 0) is 17.7 Å². The molecule has 0 unspecified atom stereocenters. The molecule has 0 radical (unpaired) electrons. The summed E-state index contributed by atoms with van der Waals surface area (Å²) in [5, 5.41) is 8.33. The lowest BCUT2D eigenvalue weighted by Gasteiger charge is -2.13. The largest absolute Gasteiger partial charge is 0.417 e. The first-order chi connectivity index (χ1) is 6.86. The Bertz CT molecular complexity index is 354. The molecule has 0 saturated heterocycles. The van der Waals surface area contributed by atoms with E-state index in [9.17, 15) is 13.2 Å². The highest BCUT2D eigenvalue weighted by molar-refractivity contribution is 6.31. The molecule has 1 rings (SSSR count). The molecular formula is C9H9ClF3NO. The van der Waals surface area contributed by atoms with Gasteiger partial charge in [-0.15, -0.1) is 0 Å². The van der Waals surface area contributed by atoms with E-state index in [0.717, 1.165) is 12.1 Å². The predicted octanol–water partition coefficient (Wildman–Crippen LogP) is 2.35. The fourth-order valence-corrected chi connectivity index (χ4v) is 1.32. The van der Waals surface area contributed by atoms with Gasteiger partial charge in [0.05, 0.1) is 23.2 Å². The molecule has 0 spiro atoms. The first-order valence-electron chi connectivity index (χ1n) is 4.09. The van der Waals surface area contributed by atoms with Gasteiger partial charge in [-0.25, -0.2) is 0 Å². The lowest BCUT2D eigenvalue weighted by molar-refractivity contribution is -0.137. The Labute approximate surface area is 89.5 Å². The number of alkyl halides is 3. The summed E-state index contributed by atoms with van der Waals surface area (Å²) < 4.78 is 37.2. The van der Waals surface area contributed by atoms with Crippen molar-refractivity contribution in [3.05, 3.63) is 34.3 Å². The average Bonchev–Trinajstić information content (AvgIpc) is 2.15. The number of halogens is 4. The quantitative estimate of drug-likeness (QED) is 0.832. The van der Waals surface area contributed by atoms with Gasteiger partial charge in [0.1, 0.15) is 0 Å². The summed E-state index contributed by atoms with van der Waals surface area (Å²) in [5.74, 6) is 0. The summed E-state index contributed by atoms with van der Waals surface area (Å²) in [6, 6.07) is 2.50. The summed E-state index contributed by atoms with van der Waals surface area (Å²) in [5.41, 5.74) is 4.66. The van der Waals surface area contributed by atoms with E-state index >= 15 is 0 Å². The fraction of sp³-hybridized carbons (Fsp3) is 0.333. The second kappa shape index (κ2) is 4.38. The Morgan fingerprint density at radius 1 is 1.40 bits per heavy atom. The van der Waals surface area contributed by atoms with Crippen LogP contribution in [0.2, 0.25) is 5.02 Å². The topological polar surface area (TPSA) is 46.2 Å². The van der Waals surface area contributed by atoms with Gasteiger partial charge >= 0.3 is 6.18 Å². The molecule has 1 aromatic carbocycles. The third kappa shape index (κ3) is 2.84. The molecule has 1 atom stereocenters. The normalized spacial score (nSPS) is 14.0. The van der Waals surface area contributed by atoms with Crippen LogP contribution in [0.1, 0.15) is 17.2 Å². The molecule has 0 saturated carbocycles. The van der Waals surface area contributed by atoms with Gasteiger partial charge in [-0.3, -0.25) is 0 Å². The summed E-state index contributed by atoms with van der Waals surface area (Å²) in [7, 11) is 0. The van der Waals surface area contributed by atoms with E-state index in [0.29, 0.717) is 0 Å². The lowest BCUT2D eigenvalue weighted by Crippen LogP contribution is -2.16. The molecular weight excluding hydrogens is 231 g/mol. The monoisotopic (exact) mass is 239 g/mol. The van der Waals surface area contributed by atoms with Crippen molar-refractivity contribution >= 4 is 11.6 Å². The van der Waals surface area contributed by atoms with Gasteiger partial charge in [-0.2, -0.15) is 13.2 Å². The van der Waals surface area contributed by atoms with Gasteiger partial charge < -0.3 is 10.8 Å². The number of benzene rings is 1. The SMILES string of the molecule is N[C@@H](CO)c1ccc(Cl)c(C(F)(F)F)c1. The highest BCUT2D eigenvalue weighted by atomic mass is 35.5. The van der Waals surface area contributed by atoms with Crippen molar-refractivity contribution < 1.29 is 18.3 Å². The lowest BCUT2D eigenvalue weighted by atomic mass is 10.0. The molecule has 0 aliphatic carbocycles. The van der Waals surface area contributed by atoms with E-state index in [4.69, 9.17) is 22.4 Å². The smallest absolute Gasteiger partial charge is 0.394 e. The maximum Gasteiger partial charge on any atom is 0.417 e. The van der Waals surface area contributed by atoms with Gasteiger partial charge in [0.25, 0.3) is 0 Å². The van der Waals surface area contributed by atoms with E-state index in [2.05, 4.69) is 0 Å². The minimum atomic E-state index is -4.51. The molecule has 0 aliphatic rings. The van der Waals surface area contributed by atoms with Gasteiger partial charge in [0, 0.05) is 0 Å². The van der Waals surface area contributed by atoms with Crippen molar-refractivity contribution in [2.24, 2.45) is 5.73 Å². The van der Waals surface area contributed by atoms with E-state index in [1.807, 2.05) is 0 Å². The fourth-order valence-electron chi connectivity index (χ4n) is 1.10. The maximum absolute atomic E-state index is 12.4. The molecule has 6 heteroatoms. The predicted molar refractivity (Wildman–Crippen MR) is 50.5 cm³/mol. The standard InChI is InChI=1S/C9H9ClF3NO/c10-7-2-1-5(8(14)4-15)3-6(7)9(11,12)13/h1-3,8,15H,4,14H2/t8-/m0/s1. The van der Waals surface area contributed by atoms with Crippen LogP contribution in [0.15, 0.2) is 18.2 Å². The number of hydrogen-bond donors (Lipinski definition) is 2. The highest BCUT2D eigenvalue weighted by Crippen LogP contribution is 2.35. The van der Waals surface area contributed by atoms with Crippen LogP contribution in [0.25, 0.3) is 0 Å². The maximum atomic E-state index is 12.4. The van der Waals surface area contributed by atoms with Crippen molar-refractivity contribution in [2.45, 2.75) is 12.2 Å². The summed E-state index contributed by atoms with van der Waals surface area (Å²) in [6.07, 6.45) is -4.51. The zero-order valence-electron chi connectivity index (χ0n) is 7.55. The highest BCUT2D eigenvalue weighted by Gasteiger charge is 2.33. The van der Waals surface area contributed by atoms with Crippen LogP contribution in [0.3, 0.4) is 0 Å². The first kappa shape index (κ1) is 12.3. The summed E-state index contributed by atoms with van der Waals surface area (Å²) >= 11 is 5.41. The van der Waals surface area contributed by atoms with Crippen molar-refractivity contribution in [2.75, 3.05) is 6.61 Å². The molecule has 2 nitrogen and oxygen atoms in total. The van der Waals surface area contributed by atoms with Gasteiger partial charge in [0.15, 0.2) is 0 Å². The van der Waals surface area contributed by atoms with E-state index in [1.165, 1.54) is 6.07 Å². The van der Waals surface area contributed by atoms with Crippen LogP contribution in [0, 0.1) is 0 Å². The van der Waals surface area contributed by atoms with Crippen LogP contribution >= 0.6 is 11.6 Å². The third-order valence-electron chi connectivity index (χ3n) is 1.92. The second-order valence-corrected chi connectivity index (χ2v) is 3.43. The Morgan fingerprint density at radius 2 is 2.00 bits per heavy atom. The minimum absolute atomic E-state index is 0.203. The van der Waals surface area contributed by atoms with Crippen molar-refractivity contribution in [1.29, 1.82) is 0 Å². The Kier molecular flexibility index (Phi) is 3.59. The van der Waals surface area contributed by atoms with Crippen LogP contribution in [-0.4, -0.2) is 11.7 Å². The van der Waals surface area contributed by atoms with E-state index in [-0.39, 0.29) is 10.6 Å². The number of hydrogen-bond acceptors (Lipinski definition) is 2. The van der Waals surface area contributed by atoms with Gasteiger partial charge in [-0.1, -0.05) is 17.7 Å². The number of rotatable bonds is 2. The molecule has 1 aromatic rings. The van der Waals surface area contributed by atoms with Crippen LogP contribution in [0.4, 0.5) is 13.2 Å². The van der Waals surface area contributed by atoms with Crippen LogP contribution < -0.4 is 5.73 Å². The molecule has 0 amide bonds. The number of nitrogens with two attached hydrogens (primary N) is 1. The van der Waals surface area contributed by atoms with Crippen LogP contribution in [-0.2, 0) is 6.18 Å². The number of aliphatic hydroxyl groups excluding tert-OH is 1. The Balaban J connectivity index is 3.17.